The third-order valence-corrected chi connectivity index (χ3v) is 5.80. The molecule has 0 amide bonds. The Morgan fingerprint density at radius 1 is 0.938 bits per heavy atom. The van der Waals surface area contributed by atoms with E-state index < -0.39 is 12.0 Å². The van der Waals surface area contributed by atoms with Gasteiger partial charge in [0.25, 0.3) is 0 Å². The number of para-hydroxylation sites is 1. The minimum Gasteiger partial charge on any atom is -0.496 e. The van der Waals surface area contributed by atoms with Crippen LogP contribution in [0.5, 0.6) is 23.0 Å². The molecule has 1 aliphatic heterocycles. The van der Waals surface area contributed by atoms with E-state index in [0.717, 1.165) is 23.3 Å². The fourth-order valence-corrected chi connectivity index (χ4v) is 4.41. The molecule has 6 nitrogen and oxygen atoms in total. The van der Waals surface area contributed by atoms with Crippen molar-refractivity contribution in [3.63, 3.8) is 0 Å². The summed E-state index contributed by atoms with van der Waals surface area (Å²) in [5.74, 6) is 1.90. The van der Waals surface area contributed by atoms with Gasteiger partial charge in [-0.05, 0) is 54.8 Å². The molecule has 0 bridgehead atoms. The summed E-state index contributed by atoms with van der Waals surface area (Å²) in [7, 11) is 3.23. The maximum absolute atomic E-state index is 12.1. The summed E-state index contributed by atoms with van der Waals surface area (Å²) < 4.78 is 17.4. The molecule has 1 saturated heterocycles. The standard InChI is InChI=1S/C26H27NO5/c1-30-22-14-7-15-23(31-2)24(22)25(27-16-8-13-21(27)26(28)29)18-9-6-12-20(17-18)32-19-10-4-3-5-11-19/h3-7,9-12,14-15,17,21,25H,8,13,16H2,1-2H3,(H,28,29). The van der Waals surface area contributed by atoms with E-state index in [2.05, 4.69) is 0 Å². The largest absolute Gasteiger partial charge is 0.496 e. The quantitative estimate of drug-likeness (QED) is 0.531. The number of ether oxygens (including phenoxy) is 3. The molecule has 3 aromatic rings. The Kier molecular flexibility index (Phi) is 6.61. The van der Waals surface area contributed by atoms with Crippen molar-refractivity contribution in [1.29, 1.82) is 0 Å². The van der Waals surface area contributed by atoms with Gasteiger partial charge in [-0.3, -0.25) is 9.69 Å². The number of carboxylic acid groups (broad SMARTS) is 1. The Morgan fingerprint density at radius 3 is 2.25 bits per heavy atom. The zero-order valence-electron chi connectivity index (χ0n) is 18.2. The molecule has 1 heterocycles. The van der Waals surface area contributed by atoms with Crippen molar-refractivity contribution in [3.05, 3.63) is 83.9 Å². The molecule has 2 atom stereocenters. The van der Waals surface area contributed by atoms with Gasteiger partial charge in [0.2, 0.25) is 0 Å². The van der Waals surface area contributed by atoms with Crippen LogP contribution in [-0.4, -0.2) is 42.8 Å². The van der Waals surface area contributed by atoms with Crippen LogP contribution in [0.4, 0.5) is 0 Å². The first-order valence-electron chi connectivity index (χ1n) is 10.6. The minimum atomic E-state index is -0.821. The van der Waals surface area contributed by atoms with Crippen LogP contribution in [-0.2, 0) is 4.79 Å². The zero-order valence-corrected chi connectivity index (χ0v) is 18.2. The van der Waals surface area contributed by atoms with Crippen molar-refractivity contribution < 1.29 is 24.1 Å². The predicted octanol–water partition coefficient (Wildman–Crippen LogP) is 5.13. The summed E-state index contributed by atoms with van der Waals surface area (Å²) in [5.41, 5.74) is 1.72. The first-order chi connectivity index (χ1) is 15.6. The number of nitrogens with zero attached hydrogens (tertiary/aromatic N) is 1. The van der Waals surface area contributed by atoms with Crippen LogP contribution >= 0.6 is 0 Å². The molecule has 0 spiro atoms. The highest BCUT2D eigenvalue weighted by atomic mass is 16.5. The van der Waals surface area contributed by atoms with Gasteiger partial charge in [0.05, 0.1) is 25.8 Å². The van der Waals surface area contributed by atoms with E-state index in [1.165, 1.54) is 0 Å². The monoisotopic (exact) mass is 433 g/mol. The highest BCUT2D eigenvalue weighted by Crippen LogP contribution is 2.44. The van der Waals surface area contributed by atoms with E-state index in [-0.39, 0.29) is 6.04 Å². The summed E-state index contributed by atoms with van der Waals surface area (Å²) >= 11 is 0. The number of aliphatic carboxylic acids is 1. The molecule has 1 N–H and O–H groups in total. The predicted molar refractivity (Wildman–Crippen MR) is 122 cm³/mol. The topological polar surface area (TPSA) is 68.2 Å². The first kappa shape index (κ1) is 21.7. The minimum absolute atomic E-state index is 0.371. The number of likely N-dealkylation sites (tertiary alicyclic amines) is 1. The van der Waals surface area contributed by atoms with Crippen LogP contribution in [0.1, 0.15) is 30.0 Å². The number of rotatable bonds is 8. The molecule has 3 aromatic carbocycles. The second-order valence-electron chi connectivity index (χ2n) is 7.70. The maximum atomic E-state index is 12.1. The van der Waals surface area contributed by atoms with Crippen LogP contribution < -0.4 is 14.2 Å². The van der Waals surface area contributed by atoms with Gasteiger partial charge in [0, 0.05) is 6.54 Å². The van der Waals surface area contributed by atoms with E-state index in [1.807, 2.05) is 77.7 Å². The summed E-state index contributed by atoms with van der Waals surface area (Å²) in [6.45, 7) is 0.659. The molecular weight excluding hydrogens is 406 g/mol. The van der Waals surface area contributed by atoms with Crippen LogP contribution in [0, 0.1) is 0 Å². The summed E-state index contributed by atoms with van der Waals surface area (Å²) in [4.78, 5) is 14.1. The molecule has 4 rings (SSSR count). The summed E-state index contributed by atoms with van der Waals surface area (Å²) in [6.07, 6.45) is 1.41. The zero-order chi connectivity index (χ0) is 22.5. The van der Waals surface area contributed by atoms with Gasteiger partial charge in [0.1, 0.15) is 29.0 Å². The maximum Gasteiger partial charge on any atom is 0.320 e. The van der Waals surface area contributed by atoms with Gasteiger partial charge in [-0.15, -0.1) is 0 Å². The smallest absolute Gasteiger partial charge is 0.320 e. The van der Waals surface area contributed by atoms with Crippen LogP contribution in [0.15, 0.2) is 72.8 Å². The molecule has 1 fully saturated rings. The molecule has 6 heteroatoms. The second-order valence-corrected chi connectivity index (χ2v) is 7.70. The lowest BCUT2D eigenvalue weighted by Gasteiger charge is -2.33. The lowest BCUT2D eigenvalue weighted by molar-refractivity contribution is -0.142. The van der Waals surface area contributed by atoms with Gasteiger partial charge in [0.15, 0.2) is 0 Å². The van der Waals surface area contributed by atoms with E-state index in [9.17, 15) is 9.90 Å². The molecule has 0 saturated carbocycles. The van der Waals surface area contributed by atoms with Gasteiger partial charge >= 0.3 is 5.97 Å². The average molecular weight is 434 g/mol. The third-order valence-electron chi connectivity index (χ3n) is 5.80. The Morgan fingerprint density at radius 2 is 1.59 bits per heavy atom. The molecule has 32 heavy (non-hydrogen) atoms. The number of methoxy groups -OCH3 is 2. The van der Waals surface area contributed by atoms with E-state index in [1.54, 1.807) is 14.2 Å². The highest BCUT2D eigenvalue weighted by molar-refractivity contribution is 5.74. The fourth-order valence-electron chi connectivity index (χ4n) is 4.41. The van der Waals surface area contributed by atoms with Gasteiger partial charge in [-0.2, -0.15) is 0 Å². The van der Waals surface area contributed by atoms with Crippen LogP contribution in [0.2, 0.25) is 0 Å². The first-order valence-corrected chi connectivity index (χ1v) is 10.6. The normalized spacial score (nSPS) is 17.0. The number of carboxylic acids is 1. The Hall–Kier alpha value is -3.51. The van der Waals surface area contributed by atoms with Crippen molar-refractivity contribution in [2.75, 3.05) is 20.8 Å². The van der Waals surface area contributed by atoms with E-state index in [0.29, 0.717) is 30.2 Å². The number of hydrogen-bond acceptors (Lipinski definition) is 5. The van der Waals surface area contributed by atoms with E-state index >= 15 is 0 Å². The van der Waals surface area contributed by atoms with Crippen molar-refractivity contribution in [3.8, 4) is 23.0 Å². The molecular formula is C26H27NO5. The number of carbonyl (C=O) groups is 1. The van der Waals surface area contributed by atoms with Gasteiger partial charge < -0.3 is 19.3 Å². The Labute approximate surface area is 188 Å². The summed E-state index contributed by atoms with van der Waals surface area (Å²) in [6, 6.07) is 22.0. The van der Waals surface area contributed by atoms with Crippen molar-refractivity contribution in [2.24, 2.45) is 0 Å². The third kappa shape index (κ3) is 4.41. The molecule has 1 aliphatic rings. The lowest BCUT2D eigenvalue weighted by Crippen LogP contribution is -2.39. The van der Waals surface area contributed by atoms with Gasteiger partial charge in [-0.1, -0.05) is 36.4 Å². The Balaban J connectivity index is 1.83. The number of benzene rings is 3. The van der Waals surface area contributed by atoms with Crippen LogP contribution in [0.25, 0.3) is 0 Å². The van der Waals surface area contributed by atoms with E-state index in [4.69, 9.17) is 14.2 Å². The Bertz CT molecular complexity index is 1050. The summed E-state index contributed by atoms with van der Waals surface area (Å²) in [5, 5.41) is 9.90. The lowest BCUT2D eigenvalue weighted by atomic mass is 9.94. The van der Waals surface area contributed by atoms with Crippen molar-refractivity contribution in [1.82, 2.24) is 4.90 Å². The van der Waals surface area contributed by atoms with Crippen molar-refractivity contribution >= 4 is 5.97 Å². The molecule has 0 aromatic heterocycles. The number of hydrogen-bond donors (Lipinski definition) is 1. The SMILES string of the molecule is COc1cccc(OC)c1C(c1cccc(Oc2ccccc2)c1)N1CCCC1C(=O)O. The second kappa shape index (κ2) is 9.75. The molecule has 166 valence electrons. The molecule has 0 radical (unpaired) electrons. The molecule has 0 aliphatic carbocycles. The highest BCUT2D eigenvalue weighted by Gasteiger charge is 2.39. The fraction of sp³-hybridized carbons (Fsp3) is 0.269. The van der Waals surface area contributed by atoms with Crippen LogP contribution in [0.3, 0.4) is 0 Å². The van der Waals surface area contributed by atoms with Crippen molar-refractivity contribution in [2.45, 2.75) is 24.9 Å². The molecule has 2 unspecified atom stereocenters. The average Bonchev–Trinajstić information content (AvgIpc) is 3.30. The van der Waals surface area contributed by atoms with Gasteiger partial charge in [-0.25, -0.2) is 0 Å².